The van der Waals surface area contributed by atoms with Crippen LogP contribution < -0.4 is 0 Å². The maximum absolute atomic E-state index is 12.0. The van der Waals surface area contributed by atoms with Crippen molar-refractivity contribution in [2.24, 2.45) is 17.8 Å². The highest BCUT2D eigenvalue weighted by atomic mass is 16.5. The molecule has 1 aliphatic heterocycles. The minimum Gasteiger partial charge on any atom is -0.389 e. The first-order chi connectivity index (χ1) is 8.04. The van der Waals surface area contributed by atoms with E-state index in [1.165, 1.54) is 12.0 Å². The van der Waals surface area contributed by atoms with Crippen LogP contribution in [-0.2, 0) is 14.3 Å². The lowest BCUT2D eigenvalue weighted by Gasteiger charge is -2.19. The van der Waals surface area contributed by atoms with Crippen molar-refractivity contribution >= 4 is 11.8 Å². The third-order valence-corrected chi connectivity index (χ3v) is 3.72. The molecule has 2 fully saturated rings. The number of aliphatic hydroxyl groups is 1. The zero-order chi connectivity index (χ0) is 12.6. The van der Waals surface area contributed by atoms with Crippen LogP contribution in [0.5, 0.6) is 0 Å². The molecular weight excluding hydrogens is 222 g/mol. The van der Waals surface area contributed by atoms with E-state index < -0.39 is 6.10 Å². The molecule has 0 aromatic carbocycles. The molecule has 1 saturated carbocycles. The van der Waals surface area contributed by atoms with Crippen LogP contribution in [0.4, 0.5) is 0 Å². The molecule has 1 aliphatic carbocycles. The summed E-state index contributed by atoms with van der Waals surface area (Å²) in [5.41, 5.74) is 0. The summed E-state index contributed by atoms with van der Waals surface area (Å²) in [6.45, 7) is 2.28. The lowest BCUT2D eigenvalue weighted by molar-refractivity contribution is -0.142. The highest BCUT2D eigenvalue weighted by molar-refractivity contribution is 6.05. The van der Waals surface area contributed by atoms with Crippen molar-refractivity contribution in [2.75, 3.05) is 20.3 Å². The number of carbonyl (C=O) groups excluding carboxylic acids is 2. The minimum atomic E-state index is -0.788. The first-order valence-corrected chi connectivity index (χ1v) is 6.06. The summed E-state index contributed by atoms with van der Waals surface area (Å²) < 4.78 is 4.80. The smallest absolute Gasteiger partial charge is 0.233 e. The van der Waals surface area contributed by atoms with Gasteiger partial charge in [0.2, 0.25) is 11.8 Å². The van der Waals surface area contributed by atoms with Crippen LogP contribution in [-0.4, -0.2) is 48.2 Å². The fraction of sp³-hybridized carbons (Fsp3) is 0.833. The van der Waals surface area contributed by atoms with Gasteiger partial charge in [0.15, 0.2) is 0 Å². The lowest BCUT2D eigenvalue weighted by Crippen LogP contribution is -2.40. The molecule has 5 heteroatoms. The van der Waals surface area contributed by atoms with Gasteiger partial charge in [0, 0.05) is 7.11 Å². The van der Waals surface area contributed by atoms with E-state index in [-0.39, 0.29) is 36.8 Å². The summed E-state index contributed by atoms with van der Waals surface area (Å²) in [5, 5.41) is 9.59. The predicted octanol–water partition coefficient (Wildman–Crippen LogP) is 0.0248. The number of hydrogen-bond acceptors (Lipinski definition) is 4. The van der Waals surface area contributed by atoms with Gasteiger partial charge in [0.05, 0.1) is 31.1 Å². The molecule has 2 aliphatic rings. The Balaban J connectivity index is 2.02. The highest BCUT2D eigenvalue weighted by Gasteiger charge is 2.51. The van der Waals surface area contributed by atoms with Gasteiger partial charge in [0.25, 0.3) is 0 Å². The largest absolute Gasteiger partial charge is 0.389 e. The van der Waals surface area contributed by atoms with Crippen molar-refractivity contribution < 1.29 is 19.4 Å². The standard InChI is InChI=1S/C12H19NO4/c1-7-3-9-10(4-7)12(16)13(11(9)15)5-8(14)6-17-2/h7-10,14H,3-6H2,1-2H3. The Bertz CT molecular complexity index is 306. The first kappa shape index (κ1) is 12.5. The van der Waals surface area contributed by atoms with Crippen LogP contribution in [0.25, 0.3) is 0 Å². The molecule has 17 heavy (non-hydrogen) atoms. The Kier molecular flexibility index (Phi) is 3.49. The fourth-order valence-corrected chi connectivity index (χ4v) is 2.98. The molecule has 2 amide bonds. The normalized spacial score (nSPS) is 34.3. The van der Waals surface area contributed by atoms with Crippen molar-refractivity contribution in [1.29, 1.82) is 0 Å². The quantitative estimate of drug-likeness (QED) is 0.705. The first-order valence-electron chi connectivity index (χ1n) is 6.06. The van der Waals surface area contributed by atoms with Gasteiger partial charge >= 0.3 is 0 Å². The van der Waals surface area contributed by atoms with E-state index in [9.17, 15) is 14.7 Å². The Hall–Kier alpha value is -0.940. The van der Waals surface area contributed by atoms with Crippen LogP contribution in [0.3, 0.4) is 0 Å². The molecule has 0 radical (unpaired) electrons. The number of amides is 2. The highest BCUT2D eigenvalue weighted by Crippen LogP contribution is 2.42. The molecule has 0 bridgehead atoms. The molecule has 1 heterocycles. The van der Waals surface area contributed by atoms with E-state index in [2.05, 4.69) is 6.92 Å². The molecule has 0 aromatic rings. The second-order valence-corrected chi connectivity index (χ2v) is 5.19. The van der Waals surface area contributed by atoms with Gasteiger partial charge in [-0.25, -0.2) is 0 Å². The van der Waals surface area contributed by atoms with Crippen molar-refractivity contribution in [3.63, 3.8) is 0 Å². The van der Waals surface area contributed by atoms with E-state index in [1.807, 2.05) is 0 Å². The summed E-state index contributed by atoms with van der Waals surface area (Å²) in [4.78, 5) is 25.3. The van der Waals surface area contributed by atoms with Crippen molar-refractivity contribution in [2.45, 2.75) is 25.9 Å². The van der Waals surface area contributed by atoms with E-state index in [0.29, 0.717) is 5.92 Å². The lowest BCUT2D eigenvalue weighted by atomic mass is 10.00. The second-order valence-electron chi connectivity index (χ2n) is 5.19. The van der Waals surface area contributed by atoms with Crippen molar-refractivity contribution in [1.82, 2.24) is 4.90 Å². The molecule has 3 atom stereocenters. The monoisotopic (exact) mass is 241 g/mol. The number of aliphatic hydroxyl groups excluding tert-OH is 1. The summed E-state index contributed by atoms with van der Waals surface area (Å²) in [5.74, 6) is -0.0672. The molecule has 2 rings (SSSR count). The topological polar surface area (TPSA) is 66.8 Å². The van der Waals surface area contributed by atoms with Gasteiger partial charge in [-0.3, -0.25) is 14.5 Å². The van der Waals surface area contributed by atoms with Gasteiger partial charge < -0.3 is 9.84 Å². The van der Waals surface area contributed by atoms with Crippen LogP contribution >= 0.6 is 0 Å². The number of rotatable bonds is 4. The number of imide groups is 1. The van der Waals surface area contributed by atoms with Crippen molar-refractivity contribution in [3.05, 3.63) is 0 Å². The van der Waals surface area contributed by atoms with E-state index in [1.54, 1.807) is 0 Å². The molecular formula is C12H19NO4. The molecule has 5 nitrogen and oxygen atoms in total. The van der Waals surface area contributed by atoms with Crippen LogP contribution in [0, 0.1) is 17.8 Å². The van der Waals surface area contributed by atoms with Crippen LogP contribution in [0.1, 0.15) is 19.8 Å². The molecule has 3 unspecified atom stereocenters. The maximum atomic E-state index is 12.0. The zero-order valence-electron chi connectivity index (χ0n) is 10.3. The molecule has 0 spiro atoms. The number of methoxy groups -OCH3 is 1. The Morgan fingerprint density at radius 1 is 1.35 bits per heavy atom. The third-order valence-electron chi connectivity index (χ3n) is 3.72. The molecule has 0 aromatic heterocycles. The van der Waals surface area contributed by atoms with Gasteiger partial charge in [-0.2, -0.15) is 0 Å². The molecule has 1 N–H and O–H groups in total. The number of nitrogens with zero attached hydrogens (tertiary/aromatic N) is 1. The zero-order valence-corrected chi connectivity index (χ0v) is 10.3. The average molecular weight is 241 g/mol. The summed E-state index contributed by atoms with van der Waals surface area (Å²) in [7, 11) is 1.48. The van der Waals surface area contributed by atoms with Gasteiger partial charge in [-0.15, -0.1) is 0 Å². The third kappa shape index (κ3) is 2.21. The van der Waals surface area contributed by atoms with E-state index in [0.717, 1.165) is 12.8 Å². The second kappa shape index (κ2) is 4.74. The average Bonchev–Trinajstić information content (AvgIpc) is 2.74. The number of β-amino-alcohol motifs (C(OH)–C–C–N with tert-alkyl or cyclic N) is 1. The van der Waals surface area contributed by atoms with Gasteiger partial charge in [0.1, 0.15) is 0 Å². The number of carbonyl (C=O) groups is 2. The van der Waals surface area contributed by atoms with E-state index in [4.69, 9.17) is 4.74 Å². The van der Waals surface area contributed by atoms with Gasteiger partial charge in [-0.1, -0.05) is 6.92 Å². The molecule has 96 valence electrons. The SMILES string of the molecule is COCC(O)CN1C(=O)C2CC(C)CC2C1=O. The number of fused-ring (bicyclic) bond motifs is 1. The Labute approximate surface area is 101 Å². The van der Waals surface area contributed by atoms with E-state index >= 15 is 0 Å². The van der Waals surface area contributed by atoms with Crippen molar-refractivity contribution in [3.8, 4) is 0 Å². The summed E-state index contributed by atoms with van der Waals surface area (Å²) >= 11 is 0. The predicted molar refractivity (Wildman–Crippen MR) is 60.0 cm³/mol. The number of hydrogen-bond donors (Lipinski definition) is 1. The number of likely N-dealkylation sites (tertiary alicyclic amines) is 1. The Morgan fingerprint density at radius 2 is 1.88 bits per heavy atom. The maximum Gasteiger partial charge on any atom is 0.233 e. The minimum absolute atomic E-state index is 0.0624. The summed E-state index contributed by atoms with van der Waals surface area (Å²) in [6.07, 6.45) is 0.808. The van der Waals surface area contributed by atoms with Crippen LogP contribution in [0.15, 0.2) is 0 Å². The Morgan fingerprint density at radius 3 is 2.35 bits per heavy atom. The molecule has 1 saturated heterocycles. The number of ether oxygens (including phenoxy) is 1. The van der Waals surface area contributed by atoms with Gasteiger partial charge in [-0.05, 0) is 18.8 Å². The summed E-state index contributed by atoms with van der Waals surface area (Å²) in [6, 6.07) is 0. The van der Waals surface area contributed by atoms with Crippen LogP contribution in [0.2, 0.25) is 0 Å². The fourth-order valence-electron chi connectivity index (χ4n) is 2.98.